The van der Waals surface area contributed by atoms with Crippen LogP contribution in [0.5, 0.6) is 0 Å². The molecule has 116 valence electrons. The first kappa shape index (κ1) is 14.8. The van der Waals surface area contributed by atoms with Gasteiger partial charge in [0.2, 0.25) is 5.91 Å². The maximum Gasteiger partial charge on any atom is 0.307 e. The van der Waals surface area contributed by atoms with Crippen LogP contribution in [0, 0.1) is 23.7 Å². The highest BCUT2D eigenvalue weighted by molar-refractivity contribution is 5.86. The Morgan fingerprint density at radius 3 is 2.32 bits per heavy atom. The number of nitrogens with zero attached hydrogens (tertiary/aromatic N) is 1. The van der Waals surface area contributed by atoms with Gasteiger partial charge in [-0.15, -0.1) is 0 Å². The molecule has 5 atom stereocenters. The van der Waals surface area contributed by atoms with Gasteiger partial charge in [0.15, 0.2) is 0 Å². The highest BCUT2D eigenvalue weighted by Gasteiger charge is 2.48. The molecule has 1 aromatic heterocycles. The number of pyridine rings is 1. The molecule has 0 aliphatic heterocycles. The van der Waals surface area contributed by atoms with Crippen molar-refractivity contribution < 1.29 is 14.7 Å². The summed E-state index contributed by atoms with van der Waals surface area (Å²) < 4.78 is 0. The average Bonchev–Trinajstić information content (AvgIpc) is 2.55. The van der Waals surface area contributed by atoms with E-state index in [0.29, 0.717) is 0 Å². The van der Waals surface area contributed by atoms with E-state index in [0.717, 1.165) is 18.4 Å². The van der Waals surface area contributed by atoms with Gasteiger partial charge in [0.1, 0.15) is 0 Å². The number of allylic oxidation sites excluding steroid dienone is 2. The van der Waals surface area contributed by atoms with Gasteiger partial charge >= 0.3 is 5.97 Å². The van der Waals surface area contributed by atoms with Gasteiger partial charge in [-0.2, -0.15) is 0 Å². The number of hydrogen-bond donors (Lipinski definition) is 2. The molecule has 1 fully saturated rings. The monoisotopic (exact) mass is 300 g/mol. The van der Waals surface area contributed by atoms with Gasteiger partial charge in [-0.1, -0.05) is 12.2 Å². The van der Waals surface area contributed by atoms with Crippen molar-refractivity contribution in [1.29, 1.82) is 0 Å². The van der Waals surface area contributed by atoms with Crippen LogP contribution < -0.4 is 5.32 Å². The Labute approximate surface area is 129 Å². The van der Waals surface area contributed by atoms with Crippen LogP contribution in [0.3, 0.4) is 0 Å². The standard InChI is InChI=1S/C17H20N2O3/c1-10(11-6-8-18-9-7-11)19-16(20)14-12-2-4-13(5-3-12)15(14)17(21)22/h2,4,6-10,12-15H,3,5H2,1H3,(H,19,20)(H,21,22). The molecule has 5 nitrogen and oxygen atoms in total. The summed E-state index contributed by atoms with van der Waals surface area (Å²) in [6.45, 7) is 1.90. The summed E-state index contributed by atoms with van der Waals surface area (Å²) in [6, 6.07) is 3.55. The SMILES string of the molecule is CC(NC(=O)C1C2C=CC(CC2)C1C(=O)O)c1ccncc1. The Bertz CT molecular complexity index is 599. The molecule has 1 aromatic rings. The second kappa shape index (κ2) is 5.91. The third-order valence-corrected chi connectivity index (χ3v) is 4.90. The van der Waals surface area contributed by atoms with Crippen molar-refractivity contribution in [3.63, 3.8) is 0 Å². The topological polar surface area (TPSA) is 79.3 Å². The maximum atomic E-state index is 12.7. The van der Waals surface area contributed by atoms with Crippen molar-refractivity contribution in [2.45, 2.75) is 25.8 Å². The Hall–Kier alpha value is -2.17. The van der Waals surface area contributed by atoms with Gasteiger partial charge < -0.3 is 10.4 Å². The predicted molar refractivity (Wildman–Crippen MR) is 80.8 cm³/mol. The highest BCUT2D eigenvalue weighted by Crippen LogP contribution is 2.45. The van der Waals surface area contributed by atoms with Gasteiger partial charge in [-0.25, -0.2) is 0 Å². The summed E-state index contributed by atoms with van der Waals surface area (Å²) in [5, 5.41) is 12.5. The van der Waals surface area contributed by atoms with E-state index in [1.807, 2.05) is 31.2 Å². The van der Waals surface area contributed by atoms with Crippen LogP contribution in [0.15, 0.2) is 36.7 Å². The number of aliphatic carboxylic acids is 1. The second-order valence-corrected chi connectivity index (χ2v) is 6.19. The van der Waals surface area contributed by atoms with E-state index >= 15 is 0 Å². The Kier molecular flexibility index (Phi) is 3.96. The number of rotatable bonds is 4. The minimum Gasteiger partial charge on any atom is -0.481 e. The van der Waals surface area contributed by atoms with Crippen molar-refractivity contribution in [2.24, 2.45) is 23.7 Å². The molecule has 0 aromatic carbocycles. The lowest BCUT2D eigenvalue weighted by atomic mass is 9.62. The molecule has 5 heteroatoms. The number of nitrogens with one attached hydrogen (secondary N) is 1. The Morgan fingerprint density at radius 2 is 1.77 bits per heavy atom. The fraction of sp³-hybridized carbons (Fsp3) is 0.471. The number of carbonyl (C=O) groups is 2. The van der Waals surface area contributed by atoms with Crippen molar-refractivity contribution in [3.8, 4) is 0 Å². The van der Waals surface area contributed by atoms with Crippen LogP contribution in [-0.2, 0) is 9.59 Å². The second-order valence-electron chi connectivity index (χ2n) is 6.19. The Morgan fingerprint density at radius 1 is 1.18 bits per heavy atom. The first-order chi connectivity index (χ1) is 10.6. The van der Waals surface area contributed by atoms with E-state index in [-0.39, 0.29) is 23.8 Å². The molecule has 22 heavy (non-hydrogen) atoms. The third-order valence-electron chi connectivity index (χ3n) is 4.90. The number of fused-ring (bicyclic) bond motifs is 2. The zero-order valence-corrected chi connectivity index (χ0v) is 12.5. The number of carboxylic acids is 1. The molecule has 0 saturated heterocycles. The number of carboxylic acid groups (broad SMARTS) is 1. The minimum absolute atomic E-state index is 0.0190. The molecule has 4 rings (SSSR count). The van der Waals surface area contributed by atoms with E-state index in [2.05, 4.69) is 10.3 Å². The molecule has 1 heterocycles. The van der Waals surface area contributed by atoms with Gasteiger partial charge in [0.05, 0.1) is 17.9 Å². The molecule has 1 saturated carbocycles. The van der Waals surface area contributed by atoms with Crippen molar-refractivity contribution in [2.75, 3.05) is 0 Å². The average molecular weight is 300 g/mol. The van der Waals surface area contributed by atoms with Crippen molar-refractivity contribution >= 4 is 11.9 Å². The summed E-state index contributed by atoms with van der Waals surface area (Å²) in [6.07, 6.45) is 9.12. The van der Waals surface area contributed by atoms with Gasteiger partial charge in [-0.05, 0) is 49.3 Å². The fourth-order valence-electron chi connectivity index (χ4n) is 3.73. The predicted octanol–water partition coefficient (Wildman–Crippen LogP) is 2.17. The molecular formula is C17H20N2O3. The van der Waals surface area contributed by atoms with Gasteiger partial charge in [0, 0.05) is 12.4 Å². The summed E-state index contributed by atoms with van der Waals surface area (Å²) in [7, 11) is 0. The fourth-order valence-corrected chi connectivity index (χ4v) is 3.73. The van der Waals surface area contributed by atoms with Crippen LogP contribution in [0.2, 0.25) is 0 Å². The summed E-state index contributed by atoms with van der Waals surface area (Å²) in [5.41, 5.74) is 0.965. The maximum absolute atomic E-state index is 12.7. The first-order valence-electron chi connectivity index (χ1n) is 7.69. The van der Waals surface area contributed by atoms with Crippen LogP contribution in [-0.4, -0.2) is 22.0 Å². The van der Waals surface area contributed by atoms with Gasteiger partial charge in [0.25, 0.3) is 0 Å². The zero-order valence-electron chi connectivity index (χ0n) is 12.5. The van der Waals surface area contributed by atoms with E-state index in [1.54, 1.807) is 12.4 Å². The van der Waals surface area contributed by atoms with E-state index in [4.69, 9.17) is 0 Å². The minimum atomic E-state index is -0.865. The molecule has 2 bridgehead atoms. The lowest BCUT2D eigenvalue weighted by molar-refractivity contribution is -0.153. The lowest BCUT2D eigenvalue weighted by Gasteiger charge is -2.42. The largest absolute Gasteiger partial charge is 0.481 e. The molecular weight excluding hydrogens is 280 g/mol. The quantitative estimate of drug-likeness (QED) is 0.835. The van der Waals surface area contributed by atoms with Crippen molar-refractivity contribution in [3.05, 3.63) is 42.2 Å². The molecule has 0 radical (unpaired) electrons. The number of amides is 1. The number of hydrogen-bond acceptors (Lipinski definition) is 3. The summed E-state index contributed by atoms with van der Waals surface area (Å²) >= 11 is 0. The number of carbonyl (C=O) groups excluding carboxylic acids is 1. The summed E-state index contributed by atoms with van der Waals surface area (Å²) in [5.74, 6) is -2.07. The third kappa shape index (κ3) is 2.63. The van der Waals surface area contributed by atoms with E-state index in [9.17, 15) is 14.7 Å². The molecule has 5 unspecified atom stereocenters. The molecule has 0 spiro atoms. The summed E-state index contributed by atoms with van der Waals surface area (Å²) in [4.78, 5) is 28.2. The zero-order chi connectivity index (χ0) is 15.7. The van der Waals surface area contributed by atoms with Crippen LogP contribution in [0.1, 0.15) is 31.4 Å². The molecule has 3 aliphatic carbocycles. The Balaban J connectivity index is 1.76. The highest BCUT2D eigenvalue weighted by atomic mass is 16.4. The van der Waals surface area contributed by atoms with Crippen LogP contribution in [0.4, 0.5) is 0 Å². The van der Waals surface area contributed by atoms with Crippen LogP contribution in [0.25, 0.3) is 0 Å². The molecule has 3 aliphatic rings. The van der Waals surface area contributed by atoms with E-state index < -0.39 is 17.8 Å². The molecule has 1 amide bonds. The molecule has 2 N–H and O–H groups in total. The first-order valence-corrected chi connectivity index (χ1v) is 7.69. The van der Waals surface area contributed by atoms with Crippen LogP contribution >= 0.6 is 0 Å². The van der Waals surface area contributed by atoms with Crippen molar-refractivity contribution in [1.82, 2.24) is 10.3 Å². The lowest BCUT2D eigenvalue weighted by Crippen LogP contribution is -2.49. The van der Waals surface area contributed by atoms with E-state index in [1.165, 1.54) is 0 Å². The number of aromatic nitrogens is 1. The smallest absolute Gasteiger partial charge is 0.307 e. The normalized spacial score (nSPS) is 30.8. The van der Waals surface area contributed by atoms with Gasteiger partial charge in [-0.3, -0.25) is 14.6 Å².